The molecule has 0 aliphatic heterocycles. The Morgan fingerprint density at radius 3 is 2.26 bits per heavy atom. The molecule has 0 saturated heterocycles. The first-order valence-electron chi connectivity index (χ1n) is 13.1. The quantitative estimate of drug-likeness (QED) is 0.213. The highest BCUT2D eigenvalue weighted by atomic mass is 32.1. The fourth-order valence-corrected chi connectivity index (χ4v) is 5.20. The number of carbonyl (C=O) groups is 1. The fraction of sp³-hybridized carbons (Fsp3) is 0.323. The maximum Gasteiger partial charge on any atom is 0.224 e. The monoisotopic (exact) mass is 528 g/mol. The smallest absolute Gasteiger partial charge is 0.224 e. The van der Waals surface area contributed by atoms with E-state index in [1.54, 1.807) is 7.11 Å². The van der Waals surface area contributed by atoms with Gasteiger partial charge in [0.1, 0.15) is 11.6 Å². The van der Waals surface area contributed by atoms with Crippen molar-refractivity contribution < 1.29 is 9.53 Å². The van der Waals surface area contributed by atoms with Gasteiger partial charge in [-0.2, -0.15) is 4.37 Å². The fourth-order valence-electron chi connectivity index (χ4n) is 4.35. The summed E-state index contributed by atoms with van der Waals surface area (Å²) >= 11 is 1.39. The number of aromatic nitrogens is 2. The SMILES string of the molecule is COc1cccc(Cc2nsc(N(CCC(=O)N(CCc3ccccc3)Cc3ccccc3)C(C)C)n2)c1. The van der Waals surface area contributed by atoms with E-state index in [4.69, 9.17) is 9.72 Å². The second-order valence-electron chi connectivity index (χ2n) is 9.60. The highest BCUT2D eigenvalue weighted by molar-refractivity contribution is 7.09. The van der Waals surface area contributed by atoms with Crippen LogP contribution in [-0.2, 0) is 24.2 Å². The number of benzene rings is 3. The van der Waals surface area contributed by atoms with E-state index < -0.39 is 0 Å². The molecule has 0 fully saturated rings. The first-order chi connectivity index (χ1) is 18.5. The van der Waals surface area contributed by atoms with Crippen LogP contribution in [0.15, 0.2) is 84.9 Å². The number of methoxy groups -OCH3 is 1. The van der Waals surface area contributed by atoms with Crippen LogP contribution in [0.4, 0.5) is 5.13 Å². The Kier molecular flexibility index (Phi) is 9.87. The predicted molar refractivity (Wildman–Crippen MR) is 155 cm³/mol. The van der Waals surface area contributed by atoms with Gasteiger partial charge >= 0.3 is 0 Å². The number of anilines is 1. The van der Waals surface area contributed by atoms with Crippen LogP contribution in [0.1, 0.15) is 42.8 Å². The van der Waals surface area contributed by atoms with Crippen molar-refractivity contribution in [1.29, 1.82) is 0 Å². The Balaban J connectivity index is 1.41. The number of ether oxygens (including phenoxy) is 1. The molecule has 0 aliphatic carbocycles. The van der Waals surface area contributed by atoms with Crippen LogP contribution in [0, 0.1) is 0 Å². The Morgan fingerprint density at radius 1 is 0.895 bits per heavy atom. The average Bonchev–Trinajstić information content (AvgIpc) is 3.39. The van der Waals surface area contributed by atoms with Crippen LogP contribution in [0.2, 0.25) is 0 Å². The van der Waals surface area contributed by atoms with Crippen molar-refractivity contribution in [3.63, 3.8) is 0 Å². The van der Waals surface area contributed by atoms with Crippen LogP contribution < -0.4 is 9.64 Å². The maximum atomic E-state index is 13.5. The van der Waals surface area contributed by atoms with E-state index in [0.29, 0.717) is 32.5 Å². The van der Waals surface area contributed by atoms with Crippen LogP contribution in [-0.4, -0.2) is 46.4 Å². The van der Waals surface area contributed by atoms with Crippen molar-refractivity contribution in [3.05, 3.63) is 107 Å². The Hall–Kier alpha value is -3.71. The van der Waals surface area contributed by atoms with Gasteiger partial charge in [0.2, 0.25) is 11.0 Å². The van der Waals surface area contributed by atoms with E-state index in [1.807, 2.05) is 59.5 Å². The molecular formula is C31H36N4O2S. The zero-order chi connectivity index (χ0) is 26.7. The molecule has 1 aromatic heterocycles. The number of nitrogens with zero attached hydrogens (tertiary/aromatic N) is 4. The molecule has 0 unspecified atom stereocenters. The normalized spacial score (nSPS) is 10.9. The van der Waals surface area contributed by atoms with E-state index in [2.05, 4.69) is 53.5 Å². The minimum Gasteiger partial charge on any atom is -0.497 e. The van der Waals surface area contributed by atoms with E-state index >= 15 is 0 Å². The third kappa shape index (κ3) is 7.89. The van der Waals surface area contributed by atoms with Gasteiger partial charge in [-0.1, -0.05) is 72.8 Å². The Bertz CT molecular complexity index is 1280. The summed E-state index contributed by atoms with van der Waals surface area (Å²) < 4.78 is 9.94. The van der Waals surface area contributed by atoms with Gasteiger partial charge in [-0.25, -0.2) is 4.98 Å². The molecular weight excluding hydrogens is 492 g/mol. The summed E-state index contributed by atoms with van der Waals surface area (Å²) in [6, 6.07) is 28.7. The van der Waals surface area contributed by atoms with Crippen molar-refractivity contribution in [3.8, 4) is 5.75 Å². The molecule has 4 aromatic rings. The highest BCUT2D eigenvalue weighted by Gasteiger charge is 2.20. The summed E-state index contributed by atoms with van der Waals surface area (Å²) in [5, 5.41) is 0.851. The third-order valence-corrected chi connectivity index (χ3v) is 7.26. The summed E-state index contributed by atoms with van der Waals surface area (Å²) in [5.41, 5.74) is 3.48. The van der Waals surface area contributed by atoms with Gasteiger partial charge in [0, 0.05) is 50.1 Å². The highest BCUT2D eigenvalue weighted by Crippen LogP contribution is 2.23. The third-order valence-electron chi connectivity index (χ3n) is 6.47. The molecule has 198 valence electrons. The summed E-state index contributed by atoms with van der Waals surface area (Å²) in [5.74, 6) is 1.76. The van der Waals surface area contributed by atoms with Crippen LogP contribution >= 0.6 is 11.5 Å². The zero-order valence-corrected chi connectivity index (χ0v) is 23.2. The molecule has 4 rings (SSSR count). The molecule has 0 saturated carbocycles. The molecule has 1 heterocycles. The van der Waals surface area contributed by atoms with Gasteiger partial charge in [0.05, 0.1) is 7.11 Å². The molecule has 0 bridgehead atoms. The zero-order valence-electron chi connectivity index (χ0n) is 22.4. The standard InChI is InChI=1S/C31H36N4O2S/c1-24(2)35(31-32-29(33-38-31)22-27-15-10-16-28(21-27)37-3)20-18-30(36)34(23-26-13-8-5-9-14-26)19-17-25-11-6-4-7-12-25/h4-16,21,24H,17-20,22-23H2,1-3H3. The molecule has 1 amide bonds. The van der Waals surface area contributed by atoms with Crippen molar-refractivity contribution in [2.75, 3.05) is 25.1 Å². The number of rotatable bonds is 13. The molecule has 0 radical (unpaired) electrons. The van der Waals surface area contributed by atoms with E-state index in [9.17, 15) is 4.79 Å². The average molecular weight is 529 g/mol. The summed E-state index contributed by atoms with van der Waals surface area (Å²) in [7, 11) is 1.67. The molecule has 3 aromatic carbocycles. The van der Waals surface area contributed by atoms with Crippen LogP contribution in [0.3, 0.4) is 0 Å². The van der Waals surface area contributed by atoms with Gasteiger partial charge in [-0.05, 0) is 49.1 Å². The lowest BCUT2D eigenvalue weighted by molar-refractivity contribution is -0.131. The lowest BCUT2D eigenvalue weighted by Gasteiger charge is -2.28. The Labute approximate surface area is 230 Å². The van der Waals surface area contributed by atoms with Crippen molar-refractivity contribution in [2.45, 2.75) is 45.7 Å². The minimum atomic E-state index is 0.150. The van der Waals surface area contributed by atoms with Gasteiger partial charge in [0.25, 0.3) is 0 Å². The van der Waals surface area contributed by atoms with E-state index in [0.717, 1.165) is 34.3 Å². The van der Waals surface area contributed by atoms with Gasteiger partial charge in [0.15, 0.2) is 0 Å². The maximum absolute atomic E-state index is 13.5. The van der Waals surface area contributed by atoms with Gasteiger partial charge in [-0.15, -0.1) is 0 Å². The molecule has 7 heteroatoms. The summed E-state index contributed by atoms with van der Waals surface area (Å²) in [6.45, 7) is 6.15. The molecule has 0 N–H and O–H groups in total. The van der Waals surface area contributed by atoms with E-state index in [1.165, 1.54) is 17.1 Å². The Morgan fingerprint density at radius 2 is 1.58 bits per heavy atom. The van der Waals surface area contributed by atoms with Crippen molar-refractivity contribution >= 4 is 22.6 Å². The van der Waals surface area contributed by atoms with Crippen molar-refractivity contribution in [2.24, 2.45) is 0 Å². The number of hydrogen-bond acceptors (Lipinski definition) is 6. The largest absolute Gasteiger partial charge is 0.497 e. The number of carbonyl (C=O) groups excluding carboxylic acids is 1. The minimum absolute atomic E-state index is 0.150. The first kappa shape index (κ1) is 27.3. The molecule has 38 heavy (non-hydrogen) atoms. The lowest BCUT2D eigenvalue weighted by Crippen LogP contribution is -2.38. The summed E-state index contributed by atoms with van der Waals surface area (Å²) in [6.07, 6.45) is 1.89. The first-order valence-corrected chi connectivity index (χ1v) is 13.9. The topological polar surface area (TPSA) is 58.6 Å². The molecule has 0 spiro atoms. The second kappa shape index (κ2) is 13.7. The number of amides is 1. The van der Waals surface area contributed by atoms with E-state index in [-0.39, 0.29) is 11.9 Å². The van der Waals surface area contributed by atoms with Gasteiger partial charge < -0.3 is 14.5 Å². The molecule has 0 aliphatic rings. The predicted octanol–water partition coefficient (Wildman–Crippen LogP) is 6.01. The molecule has 6 nitrogen and oxygen atoms in total. The number of hydrogen-bond donors (Lipinski definition) is 0. The summed E-state index contributed by atoms with van der Waals surface area (Å²) in [4.78, 5) is 22.5. The van der Waals surface area contributed by atoms with Crippen LogP contribution in [0.5, 0.6) is 5.75 Å². The lowest BCUT2D eigenvalue weighted by atomic mass is 10.1. The van der Waals surface area contributed by atoms with Crippen molar-refractivity contribution in [1.82, 2.24) is 14.3 Å². The second-order valence-corrected chi connectivity index (χ2v) is 10.3. The molecule has 0 atom stereocenters. The van der Waals surface area contributed by atoms with Gasteiger partial charge in [-0.3, -0.25) is 4.79 Å². The van der Waals surface area contributed by atoms with Crippen LogP contribution in [0.25, 0.3) is 0 Å².